The molecule has 0 radical (unpaired) electrons. The molecule has 6 heteroatoms. The van der Waals surface area contributed by atoms with E-state index >= 15 is 0 Å². The zero-order valence-corrected chi connectivity index (χ0v) is 12.9. The summed E-state index contributed by atoms with van der Waals surface area (Å²) in [5, 5.41) is 3.08. The van der Waals surface area contributed by atoms with Crippen LogP contribution >= 0.6 is 0 Å². The molecule has 2 N–H and O–H groups in total. The van der Waals surface area contributed by atoms with Gasteiger partial charge in [0.2, 0.25) is 10.0 Å². The maximum absolute atomic E-state index is 12.3. The maximum Gasteiger partial charge on any atom is 0.240 e. The van der Waals surface area contributed by atoms with Gasteiger partial charge < -0.3 is 10.2 Å². The molecule has 1 unspecified atom stereocenters. The largest absolute Gasteiger partial charge is 0.319 e. The summed E-state index contributed by atoms with van der Waals surface area (Å²) in [5.41, 5.74) is 1.14. The Balaban J connectivity index is 2.01. The fraction of sp³-hybridized carbons (Fsp3) is 0.571. The molecule has 1 aromatic rings. The fourth-order valence-corrected chi connectivity index (χ4v) is 3.68. The molecular weight excluding hydrogens is 274 g/mol. The molecule has 1 heterocycles. The third kappa shape index (κ3) is 4.02. The molecule has 0 spiro atoms. The van der Waals surface area contributed by atoms with Crippen LogP contribution in [0.15, 0.2) is 29.2 Å². The van der Waals surface area contributed by atoms with E-state index in [0.717, 1.165) is 38.0 Å². The van der Waals surface area contributed by atoms with E-state index in [2.05, 4.69) is 14.9 Å². The molecule has 0 amide bonds. The molecule has 1 aliphatic heterocycles. The zero-order chi connectivity index (χ0) is 14.6. The number of hydrogen-bond acceptors (Lipinski definition) is 4. The van der Waals surface area contributed by atoms with E-state index in [1.54, 1.807) is 12.1 Å². The Labute approximate surface area is 121 Å². The maximum atomic E-state index is 12.3. The van der Waals surface area contributed by atoms with Gasteiger partial charge in [0.1, 0.15) is 0 Å². The van der Waals surface area contributed by atoms with Crippen LogP contribution < -0.4 is 10.0 Å². The molecule has 1 fully saturated rings. The van der Waals surface area contributed by atoms with E-state index in [9.17, 15) is 8.42 Å². The average molecular weight is 297 g/mol. The van der Waals surface area contributed by atoms with Crippen molar-refractivity contribution in [2.45, 2.75) is 23.8 Å². The molecule has 0 saturated carbocycles. The van der Waals surface area contributed by atoms with Crippen molar-refractivity contribution in [1.29, 1.82) is 0 Å². The molecule has 1 atom stereocenters. The van der Waals surface area contributed by atoms with Gasteiger partial charge in [-0.2, -0.15) is 0 Å². The van der Waals surface area contributed by atoms with Crippen molar-refractivity contribution in [1.82, 2.24) is 14.9 Å². The van der Waals surface area contributed by atoms with Gasteiger partial charge in [0.15, 0.2) is 0 Å². The summed E-state index contributed by atoms with van der Waals surface area (Å²) in [5.74, 6) is 0. The second kappa shape index (κ2) is 6.67. The third-order valence-corrected chi connectivity index (χ3v) is 5.15. The van der Waals surface area contributed by atoms with Gasteiger partial charge in [0.05, 0.1) is 4.90 Å². The van der Waals surface area contributed by atoms with Gasteiger partial charge in [-0.3, -0.25) is 0 Å². The quantitative estimate of drug-likeness (QED) is 0.799. The molecule has 1 saturated heterocycles. The summed E-state index contributed by atoms with van der Waals surface area (Å²) in [6.45, 7) is 2.61. The van der Waals surface area contributed by atoms with Crippen LogP contribution in [-0.2, 0) is 16.4 Å². The minimum Gasteiger partial charge on any atom is -0.319 e. The first kappa shape index (κ1) is 15.4. The molecule has 1 aromatic carbocycles. The van der Waals surface area contributed by atoms with Gasteiger partial charge in [0, 0.05) is 12.6 Å². The molecule has 20 heavy (non-hydrogen) atoms. The summed E-state index contributed by atoms with van der Waals surface area (Å²) >= 11 is 0. The molecular formula is C14H23N3O2S. The topological polar surface area (TPSA) is 61.4 Å². The normalized spacial score (nSPS) is 20.4. The van der Waals surface area contributed by atoms with E-state index in [1.165, 1.54) is 0 Å². The summed E-state index contributed by atoms with van der Waals surface area (Å²) in [6, 6.07) is 7.16. The lowest BCUT2D eigenvalue weighted by atomic mass is 10.1. The third-order valence-electron chi connectivity index (χ3n) is 3.61. The Morgan fingerprint density at radius 1 is 1.30 bits per heavy atom. The highest BCUT2D eigenvalue weighted by Gasteiger charge is 2.25. The van der Waals surface area contributed by atoms with E-state index in [0.29, 0.717) is 4.90 Å². The number of nitrogens with zero attached hydrogens (tertiary/aromatic N) is 1. The monoisotopic (exact) mass is 297 g/mol. The van der Waals surface area contributed by atoms with Gasteiger partial charge in [-0.25, -0.2) is 13.1 Å². The lowest BCUT2D eigenvalue weighted by Gasteiger charge is -2.13. The Morgan fingerprint density at radius 3 is 2.55 bits per heavy atom. The Bertz CT molecular complexity index is 528. The minimum absolute atomic E-state index is 0.0222. The Morgan fingerprint density at radius 2 is 2.00 bits per heavy atom. The highest BCUT2D eigenvalue weighted by Crippen LogP contribution is 2.14. The number of likely N-dealkylation sites (N-methyl/N-ethyl adjacent to an activating group) is 2. The number of hydrogen-bond donors (Lipinski definition) is 2. The lowest BCUT2D eigenvalue weighted by molar-refractivity contribution is 0.407. The number of nitrogens with one attached hydrogen (secondary N) is 2. The molecule has 5 nitrogen and oxygen atoms in total. The Hall–Kier alpha value is -0.950. The summed E-state index contributed by atoms with van der Waals surface area (Å²) in [6.07, 6.45) is 1.77. The van der Waals surface area contributed by atoms with E-state index in [1.807, 2.05) is 26.2 Å². The molecule has 0 aliphatic carbocycles. The number of likely N-dealkylation sites (tertiary alicyclic amines) is 1. The van der Waals surface area contributed by atoms with Crippen LogP contribution in [0.2, 0.25) is 0 Å². The molecule has 2 rings (SSSR count). The van der Waals surface area contributed by atoms with E-state index < -0.39 is 10.0 Å². The van der Waals surface area contributed by atoms with Gasteiger partial charge in [-0.15, -0.1) is 0 Å². The van der Waals surface area contributed by atoms with Crippen molar-refractivity contribution < 1.29 is 8.42 Å². The fourth-order valence-electron chi connectivity index (χ4n) is 2.42. The lowest BCUT2D eigenvalue weighted by Crippen LogP contribution is -2.36. The average Bonchev–Trinajstić information content (AvgIpc) is 2.81. The predicted molar refractivity (Wildman–Crippen MR) is 80.3 cm³/mol. The first-order valence-corrected chi connectivity index (χ1v) is 8.44. The zero-order valence-electron chi connectivity index (χ0n) is 12.1. The van der Waals surface area contributed by atoms with Gasteiger partial charge in [0.25, 0.3) is 0 Å². The molecule has 112 valence electrons. The van der Waals surface area contributed by atoms with Crippen LogP contribution in [-0.4, -0.2) is 53.1 Å². The molecule has 0 aromatic heterocycles. The van der Waals surface area contributed by atoms with Crippen molar-refractivity contribution in [3.8, 4) is 0 Å². The van der Waals surface area contributed by atoms with Crippen molar-refractivity contribution in [2.75, 3.05) is 33.7 Å². The van der Waals surface area contributed by atoms with Gasteiger partial charge in [-0.1, -0.05) is 12.1 Å². The van der Waals surface area contributed by atoms with Gasteiger partial charge in [-0.05, 0) is 57.7 Å². The van der Waals surface area contributed by atoms with Crippen molar-refractivity contribution in [3.63, 3.8) is 0 Å². The van der Waals surface area contributed by atoms with Crippen molar-refractivity contribution >= 4 is 10.0 Å². The summed E-state index contributed by atoms with van der Waals surface area (Å²) in [7, 11) is 0.512. The first-order valence-electron chi connectivity index (χ1n) is 6.95. The number of sulfonamides is 1. The van der Waals surface area contributed by atoms with Crippen LogP contribution in [0, 0.1) is 0 Å². The minimum atomic E-state index is -3.40. The first-order chi connectivity index (χ1) is 9.51. The summed E-state index contributed by atoms with van der Waals surface area (Å²) < 4.78 is 27.3. The predicted octanol–water partition coefficient (Wildman–Crippen LogP) is 0.431. The van der Waals surface area contributed by atoms with Crippen LogP contribution in [0.4, 0.5) is 0 Å². The van der Waals surface area contributed by atoms with Gasteiger partial charge >= 0.3 is 0 Å². The SMILES string of the molecule is CNCCc1ccc(S(=O)(=O)NC2CCN(C)C2)cc1. The van der Waals surface area contributed by atoms with Crippen molar-refractivity contribution in [2.24, 2.45) is 0 Å². The smallest absolute Gasteiger partial charge is 0.240 e. The van der Waals surface area contributed by atoms with Crippen LogP contribution in [0.5, 0.6) is 0 Å². The van der Waals surface area contributed by atoms with E-state index in [-0.39, 0.29) is 6.04 Å². The van der Waals surface area contributed by atoms with E-state index in [4.69, 9.17) is 0 Å². The van der Waals surface area contributed by atoms with Crippen LogP contribution in [0.25, 0.3) is 0 Å². The second-order valence-electron chi connectivity index (χ2n) is 5.37. The number of benzene rings is 1. The van der Waals surface area contributed by atoms with Crippen molar-refractivity contribution in [3.05, 3.63) is 29.8 Å². The highest BCUT2D eigenvalue weighted by atomic mass is 32.2. The summed E-state index contributed by atoms with van der Waals surface area (Å²) in [4.78, 5) is 2.48. The Kier molecular flexibility index (Phi) is 5.15. The number of rotatable bonds is 6. The van der Waals surface area contributed by atoms with Crippen LogP contribution in [0.1, 0.15) is 12.0 Å². The highest BCUT2D eigenvalue weighted by molar-refractivity contribution is 7.89. The second-order valence-corrected chi connectivity index (χ2v) is 7.08. The van der Waals surface area contributed by atoms with Crippen LogP contribution in [0.3, 0.4) is 0 Å². The standard InChI is InChI=1S/C14H23N3O2S/c1-15-9-7-12-3-5-14(6-4-12)20(18,19)16-13-8-10-17(2)11-13/h3-6,13,15-16H,7-11H2,1-2H3. The molecule has 1 aliphatic rings. The molecule has 0 bridgehead atoms.